The normalized spacial score (nSPS) is 16.4. The minimum Gasteiger partial charge on any atom is -0.497 e. The van der Waals surface area contributed by atoms with Crippen molar-refractivity contribution in [2.24, 2.45) is 4.40 Å². The van der Waals surface area contributed by atoms with Crippen molar-refractivity contribution in [2.45, 2.75) is 6.92 Å². The number of amidine groups is 1. The van der Waals surface area contributed by atoms with Crippen LogP contribution in [0.5, 0.6) is 5.75 Å². The van der Waals surface area contributed by atoms with E-state index in [1.807, 2.05) is 12.1 Å². The van der Waals surface area contributed by atoms with Crippen molar-refractivity contribution in [1.82, 2.24) is 4.90 Å². The van der Waals surface area contributed by atoms with Crippen molar-refractivity contribution in [1.29, 1.82) is 0 Å². The van der Waals surface area contributed by atoms with Gasteiger partial charge >= 0.3 is 5.97 Å². The summed E-state index contributed by atoms with van der Waals surface area (Å²) in [6.45, 7) is 2.11. The number of rotatable bonds is 6. The van der Waals surface area contributed by atoms with Crippen molar-refractivity contribution in [2.75, 3.05) is 31.3 Å². The summed E-state index contributed by atoms with van der Waals surface area (Å²) in [5.41, 5.74) is 2.00. The van der Waals surface area contributed by atoms with Gasteiger partial charge in [0.25, 0.3) is 15.9 Å². The lowest BCUT2D eigenvalue weighted by Gasteiger charge is -2.26. The molecule has 0 aliphatic carbocycles. The molecule has 1 N–H and O–H groups in total. The first-order chi connectivity index (χ1) is 15.8. The molecule has 3 heterocycles. The van der Waals surface area contributed by atoms with Crippen LogP contribution in [0.25, 0.3) is 11.1 Å². The molecule has 0 fully saturated rings. The van der Waals surface area contributed by atoms with E-state index >= 15 is 0 Å². The second-order valence-corrected chi connectivity index (χ2v) is 9.74. The van der Waals surface area contributed by atoms with Gasteiger partial charge < -0.3 is 19.7 Å². The molecule has 1 amide bonds. The molecule has 2 aromatic rings. The summed E-state index contributed by atoms with van der Waals surface area (Å²) in [6.07, 6.45) is 4.52. The van der Waals surface area contributed by atoms with Crippen LogP contribution in [-0.2, 0) is 19.6 Å². The van der Waals surface area contributed by atoms with E-state index in [0.29, 0.717) is 21.9 Å². The first-order valence-electron chi connectivity index (χ1n) is 10.0. The van der Waals surface area contributed by atoms with Crippen LogP contribution in [0.3, 0.4) is 0 Å². The highest BCUT2D eigenvalue weighted by Gasteiger charge is 2.27. The van der Waals surface area contributed by atoms with Crippen LogP contribution < -0.4 is 10.1 Å². The fourth-order valence-corrected chi connectivity index (χ4v) is 5.27. The van der Waals surface area contributed by atoms with E-state index in [2.05, 4.69) is 9.71 Å². The number of hydrogen-bond donors (Lipinski definition) is 1. The monoisotopic (exact) mass is 487 g/mol. The van der Waals surface area contributed by atoms with Gasteiger partial charge in [-0.2, -0.15) is 0 Å². The van der Waals surface area contributed by atoms with E-state index < -0.39 is 21.9 Å². The maximum absolute atomic E-state index is 13.0. The van der Waals surface area contributed by atoms with Gasteiger partial charge in [0.05, 0.1) is 25.0 Å². The Bertz CT molecular complexity index is 1290. The molecule has 0 unspecified atom stereocenters. The van der Waals surface area contributed by atoms with Crippen LogP contribution in [0.15, 0.2) is 58.0 Å². The Balaban J connectivity index is 1.62. The molecule has 2 aliphatic heterocycles. The molecule has 0 atom stereocenters. The molecule has 0 radical (unpaired) electrons. The summed E-state index contributed by atoms with van der Waals surface area (Å²) in [4.78, 5) is 27.3. The van der Waals surface area contributed by atoms with Crippen molar-refractivity contribution in [3.8, 4) is 16.9 Å². The Morgan fingerprint density at radius 1 is 1.21 bits per heavy atom. The van der Waals surface area contributed by atoms with Crippen molar-refractivity contribution < 1.29 is 27.5 Å². The van der Waals surface area contributed by atoms with Crippen molar-refractivity contribution in [3.63, 3.8) is 0 Å². The Kier molecular flexibility index (Phi) is 6.34. The quantitative estimate of drug-likeness (QED) is 0.623. The highest BCUT2D eigenvalue weighted by atomic mass is 32.2. The molecular weight excluding hydrogens is 466 g/mol. The van der Waals surface area contributed by atoms with Gasteiger partial charge in [0.15, 0.2) is 0 Å². The molecule has 33 heavy (non-hydrogen) atoms. The molecule has 1 aromatic carbocycles. The summed E-state index contributed by atoms with van der Waals surface area (Å²) < 4.78 is 37.5. The number of anilines is 1. The minimum absolute atomic E-state index is 0.126. The first-order valence-corrected chi connectivity index (χ1v) is 12.5. The third kappa shape index (κ3) is 4.83. The van der Waals surface area contributed by atoms with Crippen LogP contribution in [0.4, 0.5) is 5.00 Å². The zero-order valence-corrected chi connectivity index (χ0v) is 19.5. The molecule has 0 saturated heterocycles. The van der Waals surface area contributed by atoms with Gasteiger partial charge in [-0.1, -0.05) is 12.1 Å². The second-order valence-electron chi connectivity index (χ2n) is 7.10. The number of methoxy groups -OCH3 is 1. The molecule has 2 aliphatic rings. The van der Waals surface area contributed by atoms with E-state index in [4.69, 9.17) is 9.47 Å². The molecule has 0 spiro atoms. The van der Waals surface area contributed by atoms with Crippen LogP contribution in [0.1, 0.15) is 17.3 Å². The minimum atomic E-state index is -3.48. The average Bonchev–Trinajstić information content (AvgIpc) is 3.22. The number of carbonyl (C=O) groups excluding carboxylic acids is 2. The predicted octanol–water partition coefficient (Wildman–Crippen LogP) is 3.04. The number of carbonyl (C=O) groups is 2. The van der Waals surface area contributed by atoms with E-state index in [1.54, 1.807) is 42.6 Å². The number of nitrogens with one attached hydrogen (secondary N) is 1. The summed E-state index contributed by atoms with van der Waals surface area (Å²) in [7, 11) is -1.91. The SMILES string of the molecule is CCOC(=O)c1c(-c2ccc(OC)cc2)csc1NC(=O)C1=CN2CCS(=O)(=O)N=C2C=C1. The molecule has 172 valence electrons. The van der Waals surface area contributed by atoms with Crippen LogP contribution in [0.2, 0.25) is 0 Å². The topological polar surface area (TPSA) is 114 Å². The maximum atomic E-state index is 13.0. The maximum Gasteiger partial charge on any atom is 0.341 e. The van der Waals surface area contributed by atoms with Crippen molar-refractivity contribution >= 4 is 44.1 Å². The van der Waals surface area contributed by atoms with Gasteiger partial charge in [-0.05, 0) is 36.8 Å². The second kappa shape index (κ2) is 9.20. The largest absolute Gasteiger partial charge is 0.497 e. The van der Waals surface area contributed by atoms with Gasteiger partial charge in [0.1, 0.15) is 22.1 Å². The summed E-state index contributed by atoms with van der Waals surface area (Å²) in [5.74, 6) is -0.150. The Labute approximate surface area is 195 Å². The number of sulfonamides is 1. The van der Waals surface area contributed by atoms with Gasteiger partial charge in [-0.25, -0.2) is 13.2 Å². The molecule has 4 rings (SSSR count). The summed E-state index contributed by atoms with van der Waals surface area (Å²) >= 11 is 1.22. The standard InChI is InChI=1S/C22H21N3O6S2/c1-3-31-22(27)19-17(14-4-7-16(30-2)8-5-14)13-32-21(19)23-20(26)15-6-9-18-24-33(28,29)11-10-25(18)12-15/h4-9,12-13H,3,10-11H2,1-2H3,(H,23,26). The molecule has 11 heteroatoms. The van der Waals surface area contributed by atoms with Crippen LogP contribution in [0, 0.1) is 0 Å². The highest BCUT2D eigenvalue weighted by Crippen LogP contribution is 2.37. The lowest BCUT2D eigenvalue weighted by Crippen LogP contribution is -2.37. The highest BCUT2D eigenvalue weighted by molar-refractivity contribution is 7.90. The summed E-state index contributed by atoms with van der Waals surface area (Å²) in [5, 5.41) is 4.94. The molecule has 0 bridgehead atoms. The lowest BCUT2D eigenvalue weighted by atomic mass is 10.0. The fourth-order valence-electron chi connectivity index (χ4n) is 3.35. The van der Waals surface area contributed by atoms with E-state index in [1.165, 1.54) is 23.5 Å². The number of nitrogens with zero attached hydrogens (tertiary/aromatic N) is 2. The molecule has 1 aromatic heterocycles. The first kappa shape index (κ1) is 22.7. The zero-order valence-electron chi connectivity index (χ0n) is 17.9. The van der Waals surface area contributed by atoms with Gasteiger partial charge in [0, 0.05) is 23.7 Å². The number of ether oxygens (including phenoxy) is 2. The molecule has 0 saturated carbocycles. The van der Waals surface area contributed by atoms with Gasteiger partial charge in [-0.3, -0.25) is 4.79 Å². The smallest absolute Gasteiger partial charge is 0.341 e. The third-order valence-corrected chi connectivity index (χ3v) is 7.04. The Hall–Kier alpha value is -3.44. The predicted molar refractivity (Wildman–Crippen MR) is 126 cm³/mol. The lowest BCUT2D eigenvalue weighted by molar-refractivity contribution is -0.112. The number of amides is 1. The van der Waals surface area contributed by atoms with E-state index in [-0.39, 0.29) is 30.3 Å². The Morgan fingerprint density at radius 3 is 2.67 bits per heavy atom. The third-order valence-electron chi connectivity index (χ3n) is 4.98. The molecule has 9 nitrogen and oxygen atoms in total. The van der Waals surface area contributed by atoms with E-state index in [0.717, 1.165) is 5.56 Å². The Morgan fingerprint density at radius 2 is 1.97 bits per heavy atom. The van der Waals surface area contributed by atoms with E-state index in [9.17, 15) is 18.0 Å². The average molecular weight is 488 g/mol. The number of fused-ring (bicyclic) bond motifs is 1. The van der Waals surface area contributed by atoms with Crippen LogP contribution >= 0.6 is 11.3 Å². The number of benzene rings is 1. The van der Waals surface area contributed by atoms with Gasteiger partial charge in [0.2, 0.25) is 0 Å². The number of esters is 1. The van der Waals surface area contributed by atoms with Crippen molar-refractivity contribution in [3.05, 3.63) is 59.1 Å². The zero-order chi connectivity index (χ0) is 23.6. The number of hydrogen-bond acceptors (Lipinski definition) is 8. The van der Waals surface area contributed by atoms with Gasteiger partial charge in [-0.15, -0.1) is 15.7 Å². The molecular formula is C22H21N3O6S2. The fraction of sp³-hybridized carbons (Fsp3) is 0.227. The number of thiophene rings is 1. The summed E-state index contributed by atoms with van der Waals surface area (Å²) in [6, 6.07) is 7.23. The van der Waals surface area contributed by atoms with Crippen LogP contribution in [-0.4, -0.2) is 57.0 Å².